The van der Waals surface area contributed by atoms with Gasteiger partial charge in [-0.05, 0) is 60.0 Å². The quantitative estimate of drug-likeness (QED) is 0.675. The molecule has 0 radical (unpaired) electrons. The van der Waals surface area contributed by atoms with Crippen molar-refractivity contribution >= 4 is 5.97 Å². The Morgan fingerprint density at radius 3 is 2.59 bits per heavy atom. The standard InChI is InChI=1S/C27H34O5/c1-16-18-11-14-31-20(18)15-19-21(16)22(28)23(32-24(29)17-9-6-5-7-10-17)27(30)25(2,3)12-8-13-26(19,27)4/h5-7,9-11,15-16,19,21-23,28,30H,8,12-14H2,1-4H3/t16-,19-,21-,22+,23+,26+,27+/m0/s1. The zero-order valence-corrected chi connectivity index (χ0v) is 19.4. The van der Waals surface area contributed by atoms with Gasteiger partial charge in [0, 0.05) is 11.3 Å². The molecule has 0 unspecified atom stereocenters. The first-order chi connectivity index (χ1) is 15.1. The SMILES string of the molecule is C[C@H]1C2=CCOC2=C[C@H]2[C@H]1[C@@H](O)[C@@H](OC(=O)c1ccccc1)[C@@]1(O)C(C)(C)CCC[C@]21C. The van der Waals surface area contributed by atoms with Gasteiger partial charge < -0.3 is 19.7 Å². The van der Waals surface area contributed by atoms with Crippen molar-refractivity contribution in [2.24, 2.45) is 28.6 Å². The van der Waals surface area contributed by atoms with E-state index in [1.54, 1.807) is 24.3 Å². The summed E-state index contributed by atoms with van der Waals surface area (Å²) in [6.45, 7) is 8.86. The van der Waals surface area contributed by atoms with Gasteiger partial charge in [0.1, 0.15) is 18.0 Å². The minimum atomic E-state index is -1.39. The van der Waals surface area contributed by atoms with Crippen LogP contribution in [0.15, 0.2) is 53.8 Å². The summed E-state index contributed by atoms with van der Waals surface area (Å²) in [6, 6.07) is 8.82. The van der Waals surface area contributed by atoms with Gasteiger partial charge >= 0.3 is 5.97 Å². The zero-order chi connectivity index (χ0) is 22.9. The van der Waals surface area contributed by atoms with E-state index in [1.807, 2.05) is 19.9 Å². The van der Waals surface area contributed by atoms with Crippen LogP contribution in [0.3, 0.4) is 0 Å². The average molecular weight is 439 g/mol. The summed E-state index contributed by atoms with van der Waals surface area (Å²) in [5.74, 6) is 0.182. The van der Waals surface area contributed by atoms with Crippen molar-refractivity contribution in [1.82, 2.24) is 0 Å². The highest BCUT2D eigenvalue weighted by Crippen LogP contribution is 2.67. The molecule has 0 amide bonds. The Morgan fingerprint density at radius 2 is 1.88 bits per heavy atom. The first kappa shape index (κ1) is 21.7. The second kappa shape index (κ2) is 7.19. The molecule has 5 heteroatoms. The minimum absolute atomic E-state index is 0.0434. The van der Waals surface area contributed by atoms with Crippen molar-refractivity contribution in [2.45, 2.75) is 64.8 Å². The van der Waals surface area contributed by atoms with Crippen molar-refractivity contribution in [2.75, 3.05) is 6.61 Å². The van der Waals surface area contributed by atoms with Crippen molar-refractivity contribution in [3.63, 3.8) is 0 Å². The summed E-state index contributed by atoms with van der Waals surface area (Å²) >= 11 is 0. The lowest BCUT2D eigenvalue weighted by Gasteiger charge is -2.68. The highest BCUT2D eigenvalue weighted by Gasteiger charge is 2.72. The number of carbonyl (C=O) groups excluding carboxylic acids is 1. The van der Waals surface area contributed by atoms with E-state index < -0.39 is 34.6 Å². The molecule has 2 fully saturated rings. The number of benzene rings is 1. The van der Waals surface area contributed by atoms with Crippen LogP contribution in [0, 0.1) is 28.6 Å². The van der Waals surface area contributed by atoms with E-state index in [1.165, 1.54) is 0 Å². The van der Waals surface area contributed by atoms with E-state index >= 15 is 0 Å². The predicted molar refractivity (Wildman–Crippen MR) is 121 cm³/mol. The van der Waals surface area contributed by atoms with Crippen LogP contribution in [0.4, 0.5) is 0 Å². The first-order valence-corrected chi connectivity index (χ1v) is 11.8. The van der Waals surface area contributed by atoms with E-state index in [2.05, 4.69) is 26.0 Å². The van der Waals surface area contributed by atoms with Gasteiger partial charge in [-0.1, -0.05) is 52.3 Å². The number of rotatable bonds is 2. The largest absolute Gasteiger partial charge is 0.490 e. The number of carbonyl (C=O) groups is 1. The van der Waals surface area contributed by atoms with Gasteiger partial charge in [-0.3, -0.25) is 0 Å². The number of esters is 1. The number of hydrogen-bond acceptors (Lipinski definition) is 5. The van der Waals surface area contributed by atoms with Gasteiger partial charge in [0.2, 0.25) is 0 Å². The summed E-state index contributed by atoms with van der Waals surface area (Å²) in [5, 5.41) is 24.3. The molecule has 172 valence electrons. The third-order valence-electron chi connectivity index (χ3n) is 9.14. The maximum atomic E-state index is 13.1. The number of ether oxygens (including phenoxy) is 2. The molecule has 1 aromatic rings. The van der Waals surface area contributed by atoms with E-state index in [0.717, 1.165) is 30.6 Å². The molecule has 0 saturated heterocycles. The Labute approximate surface area is 190 Å². The molecular weight excluding hydrogens is 404 g/mol. The summed E-state index contributed by atoms with van der Waals surface area (Å²) < 4.78 is 12.0. The summed E-state index contributed by atoms with van der Waals surface area (Å²) in [4.78, 5) is 13.1. The second-order valence-corrected chi connectivity index (χ2v) is 11.0. The fraction of sp³-hybridized carbons (Fsp3) is 0.593. The minimum Gasteiger partial charge on any atom is -0.490 e. The molecule has 32 heavy (non-hydrogen) atoms. The third kappa shape index (κ3) is 2.73. The maximum Gasteiger partial charge on any atom is 0.338 e. The lowest BCUT2D eigenvalue weighted by atomic mass is 9.40. The normalized spacial score (nSPS) is 41.9. The monoisotopic (exact) mass is 438 g/mol. The Kier molecular flexibility index (Phi) is 4.88. The number of aliphatic hydroxyl groups is 2. The van der Waals surface area contributed by atoms with Gasteiger partial charge in [0.05, 0.1) is 11.7 Å². The summed E-state index contributed by atoms with van der Waals surface area (Å²) in [6.07, 6.45) is 4.79. The van der Waals surface area contributed by atoms with Crippen LogP contribution in [0.5, 0.6) is 0 Å². The molecule has 7 atom stereocenters. The molecule has 0 bridgehead atoms. The Hall–Kier alpha value is -2.11. The molecule has 2 saturated carbocycles. The Balaban J connectivity index is 1.64. The number of fused-ring (bicyclic) bond motifs is 4. The van der Waals surface area contributed by atoms with Gasteiger partial charge in [-0.2, -0.15) is 0 Å². The molecule has 1 aliphatic heterocycles. The molecule has 1 aromatic carbocycles. The fourth-order valence-corrected chi connectivity index (χ4v) is 7.41. The topological polar surface area (TPSA) is 76.0 Å². The van der Waals surface area contributed by atoms with E-state index in [9.17, 15) is 15.0 Å². The second-order valence-electron chi connectivity index (χ2n) is 11.0. The zero-order valence-electron chi connectivity index (χ0n) is 19.4. The molecule has 3 aliphatic carbocycles. The number of hydrogen-bond donors (Lipinski definition) is 2. The number of aliphatic hydroxyl groups excluding tert-OH is 1. The molecule has 5 nitrogen and oxygen atoms in total. The van der Waals surface area contributed by atoms with Crippen LogP contribution in [-0.2, 0) is 9.47 Å². The van der Waals surface area contributed by atoms with Crippen LogP contribution in [-0.4, -0.2) is 40.6 Å². The smallest absolute Gasteiger partial charge is 0.338 e. The van der Waals surface area contributed by atoms with E-state index in [-0.39, 0.29) is 17.8 Å². The van der Waals surface area contributed by atoms with Gasteiger partial charge in [-0.25, -0.2) is 4.79 Å². The maximum absolute atomic E-state index is 13.1. The third-order valence-corrected chi connectivity index (χ3v) is 9.14. The molecule has 4 aliphatic rings. The number of allylic oxidation sites excluding steroid dienone is 2. The van der Waals surface area contributed by atoms with Crippen molar-refractivity contribution < 1.29 is 24.5 Å². The van der Waals surface area contributed by atoms with Crippen LogP contribution >= 0.6 is 0 Å². The lowest BCUT2D eigenvalue weighted by Crippen LogP contribution is -2.76. The van der Waals surface area contributed by atoms with Crippen LogP contribution < -0.4 is 0 Å². The lowest BCUT2D eigenvalue weighted by molar-refractivity contribution is -0.306. The first-order valence-electron chi connectivity index (χ1n) is 11.8. The average Bonchev–Trinajstić information content (AvgIpc) is 3.24. The van der Waals surface area contributed by atoms with Gasteiger partial charge in [0.15, 0.2) is 6.10 Å². The molecule has 0 spiro atoms. The molecular formula is C27H34O5. The molecule has 2 N–H and O–H groups in total. The molecule has 0 aromatic heterocycles. The van der Waals surface area contributed by atoms with E-state index in [4.69, 9.17) is 9.47 Å². The Morgan fingerprint density at radius 1 is 1.16 bits per heavy atom. The summed E-state index contributed by atoms with van der Waals surface area (Å²) in [5.41, 5.74) is -0.963. The van der Waals surface area contributed by atoms with Crippen molar-refractivity contribution in [3.05, 3.63) is 59.4 Å². The predicted octanol–water partition coefficient (Wildman–Crippen LogP) is 4.26. The highest BCUT2D eigenvalue weighted by molar-refractivity contribution is 5.89. The van der Waals surface area contributed by atoms with Crippen LogP contribution in [0.2, 0.25) is 0 Å². The van der Waals surface area contributed by atoms with Crippen molar-refractivity contribution in [3.8, 4) is 0 Å². The highest BCUT2D eigenvalue weighted by atomic mass is 16.6. The Bertz CT molecular complexity index is 979. The molecule has 5 rings (SSSR count). The summed E-state index contributed by atoms with van der Waals surface area (Å²) in [7, 11) is 0. The van der Waals surface area contributed by atoms with Crippen LogP contribution in [0.1, 0.15) is 57.3 Å². The molecule has 1 heterocycles. The van der Waals surface area contributed by atoms with Crippen molar-refractivity contribution in [1.29, 1.82) is 0 Å². The fourth-order valence-electron chi connectivity index (χ4n) is 7.41. The van der Waals surface area contributed by atoms with Gasteiger partial charge in [0.25, 0.3) is 0 Å². The van der Waals surface area contributed by atoms with E-state index in [0.29, 0.717) is 12.2 Å². The van der Waals surface area contributed by atoms with Crippen LogP contribution in [0.25, 0.3) is 0 Å². The van der Waals surface area contributed by atoms with Gasteiger partial charge in [-0.15, -0.1) is 0 Å².